The lowest BCUT2D eigenvalue weighted by Gasteiger charge is -2.17. The molecule has 1 N–H and O–H groups in total. The monoisotopic (exact) mass is 534 g/mol. The first-order chi connectivity index (χ1) is 18.2. The Hall–Kier alpha value is -3.82. The lowest BCUT2D eigenvalue weighted by atomic mass is 9.98. The van der Waals surface area contributed by atoms with Crippen LogP contribution in [0.4, 0.5) is 0 Å². The number of aliphatic carboxylic acids is 1. The zero-order valence-electron chi connectivity index (χ0n) is 21.3. The van der Waals surface area contributed by atoms with Crippen LogP contribution < -0.4 is 9.47 Å². The maximum atomic E-state index is 13.4. The number of carbonyl (C=O) groups is 1. The second-order valence-electron chi connectivity index (χ2n) is 9.69. The molecule has 0 spiro atoms. The summed E-state index contributed by atoms with van der Waals surface area (Å²) in [7, 11) is -3.67. The minimum Gasteiger partial charge on any atom is -0.491 e. The van der Waals surface area contributed by atoms with Crippen molar-refractivity contribution >= 4 is 26.9 Å². The number of aromatic nitrogens is 1. The Morgan fingerprint density at radius 3 is 2.39 bits per heavy atom. The van der Waals surface area contributed by atoms with Crippen molar-refractivity contribution in [3.8, 4) is 17.2 Å². The molecular weight excluding hydrogens is 504 g/mol. The van der Waals surface area contributed by atoms with Crippen molar-refractivity contribution in [3.63, 3.8) is 0 Å². The van der Waals surface area contributed by atoms with Crippen LogP contribution in [0.25, 0.3) is 10.9 Å². The summed E-state index contributed by atoms with van der Waals surface area (Å²) in [6.45, 7) is 4.34. The molecule has 9 heteroatoms. The second kappa shape index (κ2) is 10.5. The Bertz CT molecular complexity index is 1550. The van der Waals surface area contributed by atoms with E-state index in [0.29, 0.717) is 36.8 Å². The first kappa shape index (κ1) is 25.8. The summed E-state index contributed by atoms with van der Waals surface area (Å²) >= 11 is 0. The molecule has 2 heterocycles. The standard InChI is InChI=1S/C29H30N2O6S/c1-20(2)36-23-8-11-25(12-9-23)38(34,35)31-15-14-21(17-31)27-18-30(19-29(32)33)28-16-24(10-13-26(27)28)37-22-6-4-3-5-7-22/h3-13,16,18,20-21H,14-15,17,19H2,1-2H3,(H,32,33). The fourth-order valence-electron chi connectivity index (χ4n) is 4.90. The maximum absolute atomic E-state index is 13.4. The predicted octanol–water partition coefficient (Wildman–Crippen LogP) is 5.48. The van der Waals surface area contributed by atoms with Crippen molar-refractivity contribution < 1.29 is 27.8 Å². The lowest BCUT2D eigenvalue weighted by molar-refractivity contribution is -0.137. The minimum absolute atomic E-state index is 0.000958. The van der Waals surface area contributed by atoms with Crippen LogP contribution in [0.2, 0.25) is 0 Å². The van der Waals surface area contributed by atoms with Crippen LogP contribution >= 0.6 is 0 Å². The normalized spacial score (nSPS) is 16.2. The Morgan fingerprint density at radius 1 is 1.00 bits per heavy atom. The first-order valence-electron chi connectivity index (χ1n) is 12.5. The molecule has 1 fully saturated rings. The van der Waals surface area contributed by atoms with Gasteiger partial charge in [-0.05, 0) is 74.4 Å². The number of carboxylic acid groups (broad SMARTS) is 1. The molecule has 3 aromatic carbocycles. The molecule has 1 unspecified atom stereocenters. The minimum atomic E-state index is -3.67. The fourth-order valence-corrected chi connectivity index (χ4v) is 6.40. The summed E-state index contributed by atoms with van der Waals surface area (Å²) in [5.74, 6) is 0.888. The molecule has 0 bridgehead atoms. The van der Waals surface area contributed by atoms with Crippen molar-refractivity contribution in [2.75, 3.05) is 13.1 Å². The second-order valence-corrected chi connectivity index (χ2v) is 11.6. The zero-order valence-corrected chi connectivity index (χ0v) is 22.1. The van der Waals surface area contributed by atoms with E-state index in [4.69, 9.17) is 9.47 Å². The summed E-state index contributed by atoms with van der Waals surface area (Å²) < 4.78 is 41.5. The molecular formula is C29H30N2O6S. The number of sulfonamides is 1. The Balaban J connectivity index is 1.40. The van der Waals surface area contributed by atoms with Crippen LogP contribution in [0.3, 0.4) is 0 Å². The Morgan fingerprint density at radius 2 is 1.71 bits per heavy atom. The lowest BCUT2D eigenvalue weighted by Crippen LogP contribution is -2.28. The number of ether oxygens (including phenoxy) is 2. The number of benzene rings is 3. The van der Waals surface area contributed by atoms with Crippen LogP contribution in [0.5, 0.6) is 17.2 Å². The zero-order chi connectivity index (χ0) is 26.9. The quantitative estimate of drug-likeness (QED) is 0.305. The van der Waals surface area contributed by atoms with Gasteiger partial charge in [-0.25, -0.2) is 8.42 Å². The molecule has 1 aromatic heterocycles. The maximum Gasteiger partial charge on any atom is 0.323 e. The van der Waals surface area contributed by atoms with Crippen LogP contribution in [-0.2, 0) is 21.4 Å². The smallest absolute Gasteiger partial charge is 0.323 e. The molecule has 198 valence electrons. The van der Waals surface area contributed by atoms with E-state index in [2.05, 4.69) is 0 Å². The van der Waals surface area contributed by atoms with Crippen molar-refractivity contribution in [3.05, 3.63) is 84.6 Å². The van der Waals surface area contributed by atoms with E-state index < -0.39 is 16.0 Å². The van der Waals surface area contributed by atoms with E-state index in [1.54, 1.807) is 28.8 Å². The van der Waals surface area contributed by atoms with Gasteiger partial charge < -0.3 is 19.1 Å². The third-order valence-electron chi connectivity index (χ3n) is 6.59. The number of para-hydroxylation sites is 1. The SMILES string of the molecule is CC(C)Oc1ccc(S(=O)(=O)N2CCC(c3cn(CC(=O)O)c4cc(Oc5ccccc5)ccc34)C2)cc1. The topological polar surface area (TPSA) is 98.1 Å². The number of fused-ring (bicyclic) bond motifs is 1. The van der Waals surface area contributed by atoms with Crippen LogP contribution in [0.15, 0.2) is 83.9 Å². The van der Waals surface area contributed by atoms with Gasteiger partial charge in [-0.15, -0.1) is 0 Å². The van der Waals surface area contributed by atoms with Gasteiger partial charge >= 0.3 is 5.97 Å². The predicted molar refractivity (Wildman–Crippen MR) is 144 cm³/mol. The van der Waals surface area contributed by atoms with Gasteiger partial charge in [0.15, 0.2) is 0 Å². The van der Waals surface area contributed by atoms with Crippen molar-refractivity contribution in [1.82, 2.24) is 8.87 Å². The fraction of sp³-hybridized carbons (Fsp3) is 0.276. The molecule has 0 aliphatic carbocycles. The van der Waals surface area contributed by atoms with Gasteiger partial charge in [0.25, 0.3) is 0 Å². The van der Waals surface area contributed by atoms with Gasteiger partial charge in [0, 0.05) is 36.7 Å². The molecule has 8 nitrogen and oxygen atoms in total. The molecule has 38 heavy (non-hydrogen) atoms. The summed E-state index contributed by atoms with van der Waals surface area (Å²) in [4.78, 5) is 11.8. The third-order valence-corrected chi connectivity index (χ3v) is 8.47. The summed E-state index contributed by atoms with van der Waals surface area (Å²) in [5.41, 5.74) is 1.67. The Kier molecular flexibility index (Phi) is 7.14. The number of hydrogen-bond acceptors (Lipinski definition) is 5. The van der Waals surface area contributed by atoms with Crippen molar-refractivity contribution in [2.45, 2.75) is 43.7 Å². The Labute approximate surface area is 222 Å². The summed E-state index contributed by atoms with van der Waals surface area (Å²) in [6, 6.07) is 21.5. The van der Waals surface area contributed by atoms with Crippen molar-refractivity contribution in [1.29, 1.82) is 0 Å². The van der Waals surface area contributed by atoms with Crippen LogP contribution in [0.1, 0.15) is 31.7 Å². The number of nitrogens with zero attached hydrogens (tertiary/aromatic N) is 2. The van der Waals surface area contributed by atoms with Gasteiger partial charge in [0.1, 0.15) is 23.8 Å². The van der Waals surface area contributed by atoms with E-state index >= 15 is 0 Å². The first-order valence-corrected chi connectivity index (χ1v) is 14.0. The molecule has 4 aromatic rings. The molecule has 1 aliphatic heterocycles. The van der Waals surface area contributed by atoms with E-state index in [0.717, 1.165) is 16.5 Å². The largest absolute Gasteiger partial charge is 0.491 e. The van der Waals surface area contributed by atoms with E-state index in [9.17, 15) is 18.3 Å². The van der Waals surface area contributed by atoms with Gasteiger partial charge in [-0.3, -0.25) is 4.79 Å². The summed E-state index contributed by atoms with van der Waals surface area (Å²) in [5, 5.41) is 10.4. The molecule has 1 saturated heterocycles. The highest BCUT2D eigenvalue weighted by Crippen LogP contribution is 2.38. The molecule has 1 atom stereocenters. The average molecular weight is 535 g/mol. The number of carboxylic acids is 1. The highest BCUT2D eigenvalue weighted by molar-refractivity contribution is 7.89. The van der Waals surface area contributed by atoms with Gasteiger partial charge in [-0.1, -0.05) is 18.2 Å². The third kappa shape index (κ3) is 5.39. The number of rotatable bonds is 9. The molecule has 0 radical (unpaired) electrons. The number of hydrogen-bond donors (Lipinski definition) is 1. The molecule has 0 saturated carbocycles. The highest BCUT2D eigenvalue weighted by atomic mass is 32.2. The molecule has 0 amide bonds. The van der Waals surface area contributed by atoms with Crippen LogP contribution in [0, 0.1) is 0 Å². The van der Waals surface area contributed by atoms with E-state index in [1.165, 1.54) is 4.31 Å². The van der Waals surface area contributed by atoms with Gasteiger partial charge in [0.05, 0.1) is 16.5 Å². The molecule has 1 aliphatic rings. The highest BCUT2D eigenvalue weighted by Gasteiger charge is 2.34. The summed E-state index contributed by atoms with van der Waals surface area (Å²) in [6.07, 6.45) is 2.48. The molecule has 5 rings (SSSR count). The van der Waals surface area contributed by atoms with E-state index in [-0.39, 0.29) is 23.5 Å². The van der Waals surface area contributed by atoms with Gasteiger partial charge in [0.2, 0.25) is 10.0 Å². The van der Waals surface area contributed by atoms with Gasteiger partial charge in [-0.2, -0.15) is 4.31 Å². The van der Waals surface area contributed by atoms with E-state index in [1.807, 2.05) is 68.6 Å². The van der Waals surface area contributed by atoms with Crippen molar-refractivity contribution in [2.24, 2.45) is 0 Å². The van der Waals surface area contributed by atoms with Crippen LogP contribution in [-0.4, -0.2) is 47.6 Å². The average Bonchev–Trinajstić information content (AvgIpc) is 3.50.